The molecule has 80 valence electrons. The quantitative estimate of drug-likeness (QED) is 0.443. The second-order valence-corrected chi connectivity index (χ2v) is 7.80. The van der Waals surface area contributed by atoms with Crippen LogP contribution in [-0.4, -0.2) is 8.67 Å². The van der Waals surface area contributed by atoms with Crippen LogP contribution in [0.1, 0.15) is 27.7 Å². The highest BCUT2D eigenvalue weighted by atomic mass is 35.5. The lowest BCUT2D eigenvalue weighted by molar-refractivity contribution is 0.457. The zero-order valence-electron chi connectivity index (χ0n) is 8.51. The van der Waals surface area contributed by atoms with Crippen molar-refractivity contribution in [1.29, 1.82) is 0 Å². The minimum Gasteiger partial charge on any atom is -0.0928 e. The summed E-state index contributed by atoms with van der Waals surface area (Å²) in [5, 5.41) is 0. The first kappa shape index (κ1) is 11.4. The van der Waals surface area contributed by atoms with Crippen LogP contribution in [-0.2, 0) is 0 Å². The van der Waals surface area contributed by atoms with Crippen molar-refractivity contribution >= 4 is 46.4 Å². The summed E-state index contributed by atoms with van der Waals surface area (Å²) in [7, 11) is 0. The molecule has 2 fully saturated rings. The normalized spacial score (nSPS) is 34.3. The van der Waals surface area contributed by atoms with E-state index >= 15 is 0 Å². The van der Waals surface area contributed by atoms with Crippen molar-refractivity contribution in [1.82, 2.24) is 0 Å². The van der Waals surface area contributed by atoms with E-state index in [0.717, 1.165) is 5.57 Å². The summed E-state index contributed by atoms with van der Waals surface area (Å²) in [6.45, 7) is 8.62. The SMILES string of the molecule is CC1(C)C(=C2C(Cl)(Cl)C2(Cl)Cl)C1(C)C. The zero-order chi connectivity index (χ0) is 11.2. The zero-order valence-corrected chi connectivity index (χ0v) is 11.5. The molecule has 0 amide bonds. The summed E-state index contributed by atoms with van der Waals surface area (Å²) < 4.78 is -2.17. The molecule has 2 aliphatic carbocycles. The van der Waals surface area contributed by atoms with Crippen LogP contribution in [0.3, 0.4) is 0 Å². The van der Waals surface area contributed by atoms with Crippen LogP contribution in [0.5, 0.6) is 0 Å². The lowest BCUT2D eigenvalue weighted by atomic mass is 10.0. The summed E-state index contributed by atoms with van der Waals surface area (Å²) >= 11 is 24.1. The largest absolute Gasteiger partial charge is 0.179 e. The highest BCUT2D eigenvalue weighted by molar-refractivity contribution is 6.72. The molecule has 0 aromatic heterocycles. The average molecular weight is 274 g/mol. The van der Waals surface area contributed by atoms with Crippen LogP contribution < -0.4 is 0 Å². The molecule has 0 bridgehead atoms. The number of hydrogen-bond donors (Lipinski definition) is 0. The molecule has 2 aliphatic rings. The van der Waals surface area contributed by atoms with E-state index in [1.165, 1.54) is 5.57 Å². The van der Waals surface area contributed by atoms with E-state index < -0.39 is 8.67 Å². The summed E-state index contributed by atoms with van der Waals surface area (Å²) in [5.41, 5.74) is 2.21. The highest BCUT2D eigenvalue weighted by Gasteiger charge is 2.78. The van der Waals surface area contributed by atoms with Gasteiger partial charge in [-0.25, -0.2) is 0 Å². The molecule has 0 spiro atoms. The Morgan fingerprint density at radius 2 is 0.929 bits per heavy atom. The fourth-order valence-electron chi connectivity index (χ4n) is 2.26. The molecule has 4 heteroatoms. The Kier molecular flexibility index (Phi) is 1.97. The molecule has 0 radical (unpaired) electrons. The van der Waals surface area contributed by atoms with Crippen LogP contribution in [0.2, 0.25) is 0 Å². The van der Waals surface area contributed by atoms with E-state index in [0.29, 0.717) is 0 Å². The van der Waals surface area contributed by atoms with E-state index in [4.69, 9.17) is 46.4 Å². The monoisotopic (exact) mass is 272 g/mol. The fourth-order valence-corrected chi connectivity index (χ4v) is 3.59. The summed E-state index contributed by atoms with van der Waals surface area (Å²) in [5.74, 6) is 0. The highest BCUT2D eigenvalue weighted by Crippen LogP contribution is 2.80. The summed E-state index contributed by atoms with van der Waals surface area (Å²) in [4.78, 5) is 0. The predicted octanol–water partition coefficient (Wildman–Crippen LogP) is 4.71. The number of alkyl halides is 4. The van der Waals surface area contributed by atoms with E-state index in [9.17, 15) is 0 Å². The third kappa shape index (κ3) is 0.993. The van der Waals surface area contributed by atoms with Gasteiger partial charge in [-0.3, -0.25) is 0 Å². The Bertz CT molecular complexity index is 281. The lowest BCUT2D eigenvalue weighted by Crippen LogP contribution is -1.96. The van der Waals surface area contributed by atoms with Crippen LogP contribution >= 0.6 is 46.4 Å². The maximum absolute atomic E-state index is 6.03. The smallest absolute Gasteiger partial charge is 0.0928 e. The van der Waals surface area contributed by atoms with Crippen molar-refractivity contribution in [2.24, 2.45) is 10.8 Å². The van der Waals surface area contributed by atoms with Gasteiger partial charge in [-0.2, -0.15) is 0 Å². The molecule has 0 nitrogen and oxygen atoms in total. The van der Waals surface area contributed by atoms with Crippen LogP contribution in [0.15, 0.2) is 11.1 Å². The van der Waals surface area contributed by atoms with Crippen molar-refractivity contribution in [3.8, 4) is 0 Å². The van der Waals surface area contributed by atoms with Gasteiger partial charge in [-0.15, -0.1) is 0 Å². The van der Waals surface area contributed by atoms with Crippen molar-refractivity contribution in [2.45, 2.75) is 36.4 Å². The van der Waals surface area contributed by atoms with Crippen LogP contribution in [0.4, 0.5) is 0 Å². The third-order valence-electron chi connectivity index (χ3n) is 3.96. The van der Waals surface area contributed by atoms with Gasteiger partial charge in [-0.05, 0) is 10.8 Å². The standard InChI is InChI=1S/C10H12Cl4/c1-7(2)5(8(7,3)4)6-9(11,12)10(6,13)14/h1-4H3. The van der Waals surface area contributed by atoms with E-state index in [-0.39, 0.29) is 10.8 Å². The van der Waals surface area contributed by atoms with Gasteiger partial charge in [0, 0.05) is 5.57 Å². The van der Waals surface area contributed by atoms with Gasteiger partial charge in [0.15, 0.2) is 8.67 Å². The molecule has 2 rings (SSSR count). The van der Waals surface area contributed by atoms with Crippen LogP contribution in [0.25, 0.3) is 0 Å². The molecule has 0 N–H and O–H groups in total. The average Bonchev–Trinajstić information content (AvgIpc) is 2.46. The van der Waals surface area contributed by atoms with Gasteiger partial charge < -0.3 is 0 Å². The Morgan fingerprint density at radius 1 is 0.643 bits per heavy atom. The summed E-state index contributed by atoms with van der Waals surface area (Å²) in [6.07, 6.45) is 0. The molecular weight excluding hydrogens is 262 g/mol. The van der Waals surface area contributed by atoms with E-state index in [1.54, 1.807) is 0 Å². The molecule has 0 saturated heterocycles. The second-order valence-electron chi connectivity index (χ2n) is 5.15. The molecule has 0 aromatic carbocycles. The fraction of sp³-hybridized carbons (Fsp3) is 0.800. The second kappa shape index (κ2) is 2.42. The summed E-state index contributed by atoms with van der Waals surface area (Å²) in [6, 6.07) is 0. The third-order valence-corrected chi connectivity index (χ3v) is 6.24. The van der Waals surface area contributed by atoms with Gasteiger partial charge in [0.1, 0.15) is 0 Å². The molecule has 0 unspecified atom stereocenters. The molecule has 0 aromatic rings. The number of allylic oxidation sites excluding steroid dienone is 2. The molecule has 0 aliphatic heterocycles. The molecule has 2 saturated carbocycles. The van der Waals surface area contributed by atoms with Crippen molar-refractivity contribution in [2.75, 3.05) is 0 Å². The van der Waals surface area contributed by atoms with Gasteiger partial charge in [0.2, 0.25) is 0 Å². The predicted molar refractivity (Wildman–Crippen MR) is 63.5 cm³/mol. The molecule has 0 atom stereocenters. The number of hydrogen-bond acceptors (Lipinski definition) is 0. The number of halogens is 4. The first-order valence-electron chi connectivity index (χ1n) is 4.51. The van der Waals surface area contributed by atoms with Gasteiger partial charge in [0.05, 0.1) is 0 Å². The molecule has 14 heavy (non-hydrogen) atoms. The Hall–Kier alpha value is 0.900. The van der Waals surface area contributed by atoms with Crippen LogP contribution in [0, 0.1) is 10.8 Å². The van der Waals surface area contributed by atoms with Crippen molar-refractivity contribution < 1.29 is 0 Å². The first-order valence-corrected chi connectivity index (χ1v) is 6.02. The van der Waals surface area contributed by atoms with E-state index in [2.05, 4.69) is 27.7 Å². The van der Waals surface area contributed by atoms with Crippen molar-refractivity contribution in [3.05, 3.63) is 11.1 Å². The topological polar surface area (TPSA) is 0 Å². The number of rotatable bonds is 0. The first-order chi connectivity index (χ1) is 5.99. The molecular formula is C10H12Cl4. The van der Waals surface area contributed by atoms with Gasteiger partial charge in [-0.1, -0.05) is 79.7 Å². The maximum Gasteiger partial charge on any atom is 0.179 e. The molecule has 0 heterocycles. The lowest BCUT2D eigenvalue weighted by Gasteiger charge is -2.02. The Morgan fingerprint density at radius 3 is 1.00 bits per heavy atom. The minimum absolute atomic E-state index is 0.100. The Balaban J connectivity index is 2.51. The maximum atomic E-state index is 6.03. The van der Waals surface area contributed by atoms with Gasteiger partial charge >= 0.3 is 0 Å². The van der Waals surface area contributed by atoms with Crippen molar-refractivity contribution in [3.63, 3.8) is 0 Å². The van der Waals surface area contributed by atoms with E-state index in [1.807, 2.05) is 0 Å². The van der Waals surface area contributed by atoms with Gasteiger partial charge in [0.25, 0.3) is 0 Å². The Labute approximate surface area is 105 Å². The minimum atomic E-state index is -1.09.